The summed E-state index contributed by atoms with van der Waals surface area (Å²) in [5.41, 5.74) is 1.05. The molecular formula is C13H15ClN2OS. The van der Waals surface area contributed by atoms with Gasteiger partial charge in [0.25, 0.3) is 0 Å². The summed E-state index contributed by atoms with van der Waals surface area (Å²) in [6.07, 6.45) is 0.796. The van der Waals surface area contributed by atoms with E-state index < -0.39 is 0 Å². The molecular weight excluding hydrogens is 268 g/mol. The second kappa shape index (κ2) is 6.83. The summed E-state index contributed by atoms with van der Waals surface area (Å²) < 4.78 is 5.30. The van der Waals surface area contributed by atoms with Crippen LogP contribution in [0.15, 0.2) is 30.3 Å². The maximum absolute atomic E-state index is 6.38. The van der Waals surface area contributed by atoms with Gasteiger partial charge in [-0.1, -0.05) is 41.7 Å². The highest BCUT2D eigenvalue weighted by atomic mass is 35.5. The van der Waals surface area contributed by atoms with Crippen molar-refractivity contribution < 1.29 is 4.74 Å². The number of nitrogens with zero attached hydrogens (tertiary/aromatic N) is 2. The van der Waals surface area contributed by atoms with Crippen LogP contribution in [0.4, 0.5) is 0 Å². The molecule has 0 saturated heterocycles. The molecule has 96 valence electrons. The van der Waals surface area contributed by atoms with Crippen LogP contribution in [0.5, 0.6) is 0 Å². The van der Waals surface area contributed by atoms with E-state index in [4.69, 9.17) is 16.3 Å². The van der Waals surface area contributed by atoms with Crippen molar-refractivity contribution in [1.82, 2.24) is 10.2 Å². The molecule has 0 spiro atoms. The van der Waals surface area contributed by atoms with E-state index >= 15 is 0 Å². The number of rotatable bonds is 6. The van der Waals surface area contributed by atoms with Gasteiger partial charge < -0.3 is 4.74 Å². The van der Waals surface area contributed by atoms with Gasteiger partial charge in [0, 0.05) is 13.0 Å². The van der Waals surface area contributed by atoms with E-state index in [0.29, 0.717) is 6.61 Å². The number of benzene rings is 1. The first kappa shape index (κ1) is 13.5. The molecule has 3 nitrogen and oxygen atoms in total. The fraction of sp³-hybridized carbons (Fsp3) is 0.385. The molecule has 1 aromatic heterocycles. The zero-order valence-electron chi connectivity index (χ0n) is 10.2. The number of hydrogen-bond acceptors (Lipinski definition) is 4. The number of alkyl halides is 1. The van der Waals surface area contributed by atoms with Crippen molar-refractivity contribution in [2.45, 2.75) is 18.7 Å². The molecule has 0 saturated carbocycles. The van der Waals surface area contributed by atoms with E-state index in [1.807, 2.05) is 37.3 Å². The largest absolute Gasteiger partial charge is 0.381 e. The highest BCUT2D eigenvalue weighted by Gasteiger charge is 2.15. The normalized spacial score (nSPS) is 12.6. The van der Waals surface area contributed by atoms with Gasteiger partial charge in [0.05, 0.1) is 6.61 Å². The first-order valence-corrected chi connectivity index (χ1v) is 7.15. The SMILES string of the molecule is CCOCCc1nnc(C(Cl)c2ccccc2)s1. The molecule has 0 aliphatic rings. The number of ether oxygens (including phenoxy) is 1. The quantitative estimate of drug-likeness (QED) is 0.601. The van der Waals surface area contributed by atoms with Gasteiger partial charge in [0.1, 0.15) is 15.4 Å². The summed E-state index contributed by atoms with van der Waals surface area (Å²) in [5.74, 6) is 0. The van der Waals surface area contributed by atoms with Gasteiger partial charge in [-0.15, -0.1) is 21.8 Å². The Bertz CT molecular complexity index is 475. The van der Waals surface area contributed by atoms with E-state index in [9.17, 15) is 0 Å². The highest BCUT2D eigenvalue weighted by Crippen LogP contribution is 2.30. The molecule has 18 heavy (non-hydrogen) atoms. The smallest absolute Gasteiger partial charge is 0.139 e. The molecule has 1 aromatic carbocycles. The number of aromatic nitrogens is 2. The van der Waals surface area contributed by atoms with E-state index in [1.54, 1.807) is 11.3 Å². The molecule has 0 aliphatic heterocycles. The van der Waals surface area contributed by atoms with Gasteiger partial charge in [0.15, 0.2) is 0 Å². The highest BCUT2D eigenvalue weighted by molar-refractivity contribution is 7.11. The monoisotopic (exact) mass is 282 g/mol. The molecule has 0 fully saturated rings. The fourth-order valence-corrected chi connectivity index (χ4v) is 2.69. The lowest BCUT2D eigenvalue weighted by Crippen LogP contribution is -1.97. The van der Waals surface area contributed by atoms with E-state index in [0.717, 1.165) is 28.6 Å². The van der Waals surface area contributed by atoms with Crippen molar-refractivity contribution in [3.63, 3.8) is 0 Å². The first-order chi connectivity index (χ1) is 8.81. The van der Waals surface area contributed by atoms with Crippen LogP contribution in [-0.2, 0) is 11.2 Å². The lowest BCUT2D eigenvalue weighted by atomic mass is 10.1. The second-order valence-corrected chi connectivity index (χ2v) is 5.28. The molecule has 2 rings (SSSR count). The molecule has 0 N–H and O–H groups in total. The Labute approximate surface area is 116 Å². The Balaban J connectivity index is 2.01. The standard InChI is InChI=1S/C13H15ClN2OS/c1-2-17-9-8-11-15-16-13(18-11)12(14)10-6-4-3-5-7-10/h3-7,12H,2,8-9H2,1H3. The summed E-state index contributed by atoms with van der Waals surface area (Å²) in [6, 6.07) is 9.92. The van der Waals surface area contributed by atoms with Crippen LogP contribution < -0.4 is 0 Å². The Morgan fingerprint density at radius 1 is 1.28 bits per heavy atom. The van der Waals surface area contributed by atoms with Crippen molar-refractivity contribution in [3.8, 4) is 0 Å². The minimum atomic E-state index is -0.218. The maximum atomic E-state index is 6.38. The molecule has 1 unspecified atom stereocenters. The summed E-state index contributed by atoms with van der Waals surface area (Å²) >= 11 is 7.94. The lowest BCUT2D eigenvalue weighted by molar-refractivity contribution is 0.150. The molecule has 1 heterocycles. The maximum Gasteiger partial charge on any atom is 0.139 e. The third-order valence-corrected chi connectivity index (χ3v) is 4.09. The molecule has 0 bridgehead atoms. The second-order valence-electron chi connectivity index (χ2n) is 3.75. The fourth-order valence-electron chi connectivity index (χ4n) is 1.54. The molecule has 5 heteroatoms. The van der Waals surface area contributed by atoms with E-state index in [-0.39, 0.29) is 5.38 Å². The summed E-state index contributed by atoms with van der Waals surface area (Å²) in [6.45, 7) is 3.40. The van der Waals surface area contributed by atoms with Gasteiger partial charge in [-0.2, -0.15) is 0 Å². The van der Waals surface area contributed by atoms with Crippen molar-refractivity contribution in [2.75, 3.05) is 13.2 Å². The molecule has 2 aromatic rings. The van der Waals surface area contributed by atoms with Crippen LogP contribution in [0.1, 0.15) is 27.9 Å². The zero-order chi connectivity index (χ0) is 12.8. The average Bonchev–Trinajstić information content (AvgIpc) is 2.88. The third-order valence-electron chi connectivity index (χ3n) is 2.46. The first-order valence-electron chi connectivity index (χ1n) is 5.90. The molecule has 0 amide bonds. The lowest BCUT2D eigenvalue weighted by Gasteiger charge is -2.04. The van der Waals surface area contributed by atoms with Crippen molar-refractivity contribution in [3.05, 3.63) is 45.9 Å². The summed E-state index contributed by atoms with van der Waals surface area (Å²) in [5, 5.41) is 9.89. The Kier molecular flexibility index (Phi) is 5.11. The van der Waals surface area contributed by atoms with Gasteiger partial charge in [-0.25, -0.2) is 0 Å². The van der Waals surface area contributed by atoms with Crippen LogP contribution >= 0.6 is 22.9 Å². The van der Waals surface area contributed by atoms with Crippen LogP contribution in [-0.4, -0.2) is 23.4 Å². The average molecular weight is 283 g/mol. The zero-order valence-corrected chi connectivity index (χ0v) is 11.7. The van der Waals surface area contributed by atoms with Crippen molar-refractivity contribution in [2.24, 2.45) is 0 Å². The topological polar surface area (TPSA) is 35.0 Å². The Hall–Kier alpha value is -0.970. The Morgan fingerprint density at radius 3 is 2.78 bits per heavy atom. The predicted molar refractivity (Wildman–Crippen MR) is 74.2 cm³/mol. The van der Waals surface area contributed by atoms with E-state index in [2.05, 4.69) is 10.2 Å². The van der Waals surface area contributed by atoms with Crippen molar-refractivity contribution >= 4 is 22.9 Å². The van der Waals surface area contributed by atoms with Crippen LogP contribution in [0.25, 0.3) is 0 Å². The van der Waals surface area contributed by atoms with Crippen LogP contribution in [0.2, 0.25) is 0 Å². The Morgan fingerprint density at radius 2 is 2.06 bits per heavy atom. The van der Waals surface area contributed by atoms with Gasteiger partial charge in [0.2, 0.25) is 0 Å². The van der Waals surface area contributed by atoms with Gasteiger partial charge in [-0.05, 0) is 12.5 Å². The van der Waals surface area contributed by atoms with Crippen LogP contribution in [0, 0.1) is 0 Å². The minimum Gasteiger partial charge on any atom is -0.381 e. The van der Waals surface area contributed by atoms with E-state index in [1.165, 1.54) is 0 Å². The number of hydrogen-bond donors (Lipinski definition) is 0. The van der Waals surface area contributed by atoms with Crippen molar-refractivity contribution in [1.29, 1.82) is 0 Å². The van der Waals surface area contributed by atoms with Gasteiger partial charge in [-0.3, -0.25) is 0 Å². The summed E-state index contributed by atoms with van der Waals surface area (Å²) in [7, 11) is 0. The third kappa shape index (κ3) is 3.51. The van der Waals surface area contributed by atoms with Gasteiger partial charge >= 0.3 is 0 Å². The summed E-state index contributed by atoms with van der Waals surface area (Å²) in [4.78, 5) is 0. The number of halogens is 1. The molecule has 0 radical (unpaired) electrons. The molecule has 0 aliphatic carbocycles. The molecule has 1 atom stereocenters. The predicted octanol–water partition coefficient (Wildman–Crippen LogP) is 3.45. The van der Waals surface area contributed by atoms with Crippen LogP contribution in [0.3, 0.4) is 0 Å². The minimum absolute atomic E-state index is 0.218.